The Bertz CT molecular complexity index is 109. The van der Waals surface area contributed by atoms with Crippen molar-refractivity contribution in [1.29, 1.82) is 0 Å². The molecule has 0 aliphatic heterocycles. The van der Waals surface area contributed by atoms with Crippen LogP contribution >= 0.6 is 0 Å². The maximum absolute atomic E-state index is 7.94. The van der Waals surface area contributed by atoms with Crippen LogP contribution in [0.25, 0.3) is 0 Å². The second kappa shape index (κ2) is 12.1. The van der Waals surface area contributed by atoms with E-state index in [1.807, 2.05) is 0 Å². The Morgan fingerprint density at radius 3 is 1.53 bits per heavy atom. The summed E-state index contributed by atoms with van der Waals surface area (Å²) in [5.41, 5.74) is 0. The van der Waals surface area contributed by atoms with E-state index in [9.17, 15) is 0 Å². The van der Waals surface area contributed by atoms with Crippen molar-refractivity contribution in [1.82, 2.24) is 0 Å². The molecule has 0 aromatic carbocycles. The van der Waals surface area contributed by atoms with Gasteiger partial charge in [0.05, 0.1) is 13.2 Å². The van der Waals surface area contributed by atoms with E-state index in [0.717, 1.165) is 12.5 Å². The van der Waals surface area contributed by atoms with Crippen LogP contribution in [-0.2, 0) is 18.0 Å². The van der Waals surface area contributed by atoms with Gasteiger partial charge in [0, 0.05) is 34.5 Å². The molecule has 0 unspecified atom stereocenters. The molecule has 15 heavy (non-hydrogen) atoms. The summed E-state index contributed by atoms with van der Waals surface area (Å²) in [5.74, 6) is 0. The van der Waals surface area contributed by atoms with Gasteiger partial charge >= 0.3 is 8.80 Å². The van der Waals surface area contributed by atoms with Gasteiger partial charge < -0.3 is 23.1 Å². The van der Waals surface area contributed by atoms with E-state index in [-0.39, 0.29) is 6.61 Å². The number of methoxy groups -OCH3 is 1. The molecule has 0 heterocycles. The number of hydrogen-bond acceptors (Lipinski definition) is 5. The molecule has 0 aromatic rings. The molecule has 94 valence electrons. The molecule has 0 rings (SSSR count). The predicted octanol–water partition coefficient (Wildman–Crippen LogP) is 0.900. The quantitative estimate of drug-likeness (QED) is 0.670. The van der Waals surface area contributed by atoms with Gasteiger partial charge in [0.25, 0.3) is 0 Å². The molecular formula is C9H24O5Si. The number of rotatable bonds is 7. The number of ether oxygens (including phenoxy) is 1. The van der Waals surface area contributed by atoms with Crippen LogP contribution in [0.3, 0.4) is 0 Å². The summed E-state index contributed by atoms with van der Waals surface area (Å²) in [7, 11) is 4.24. The third-order valence-corrected chi connectivity index (χ3v) is 4.76. The highest BCUT2D eigenvalue weighted by Gasteiger charge is 2.36. The van der Waals surface area contributed by atoms with Gasteiger partial charge in [0.2, 0.25) is 0 Å². The number of aliphatic hydroxyl groups excluding tert-OH is 1. The molecule has 0 aromatic heterocycles. The topological polar surface area (TPSA) is 57.2 Å². The van der Waals surface area contributed by atoms with E-state index in [4.69, 9.17) is 18.4 Å². The summed E-state index contributed by atoms with van der Waals surface area (Å²) in [6, 6.07) is 0.885. The minimum atomic E-state index is -2.22. The third kappa shape index (κ3) is 8.98. The van der Waals surface area contributed by atoms with E-state index in [0.29, 0.717) is 6.61 Å². The molecule has 0 atom stereocenters. The minimum Gasteiger partial charge on any atom is -0.394 e. The van der Waals surface area contributed by atoms with E-state index in [2.05, 4.69) is 11.7 Å². The van der Waals surface area contributed by atoms with E-state index in [1.165, 1.54) is 0 Å². The van der Waals surface area contributed by atoms with Crippen molar-refractivity contribution in [3.63, 3.8) is 0 Å². The Hall–Kier alpha value is 0.0169. The highest BCUT2D eigenvalue weighted by Crippen LogP contribution is 2.13. The van der Waals surface area contributed by atoms with Gasteiger partial charge in [-0.05, 0) is 0 Å². The third-order valence-electron chi connectivity index (χ3n) is 1.78. The van der Waals surface area contributed by atoms with Crippen LogP contribution in [0.5, 0.6) is 0 Å². The molecule has 6 heteroatoms. The van der Waals surface area contributed by atoms with Gasteiger partial charge in [-0.1, -0.05) is 13.3 Å². The summed E-state index contributed by atoms with van der Waals surface area (Å²) in [4.78, 5) is 0. The van der Waals surface area contributed by atoms with Gasteiger partial charge in [-0.25, -0.2) is 0 Å². The molecule has 0 saturated heterocycles. The van der Waals surface area contributed by atoms with Crippen LogP contribution in [0, 0.1) is 0 Å². The average Bonchev–Trinajstić information content (AvgIpc) is 2.28. The zero-order chi connectivity index (χ0) is 12.2. The van der Waals surface area contributed by atoms with E-state index in [1.54, 1.807) is 28.4 Å². The Morgan fingerprint density at radius 1 is 1.00 bits per heavy atom. The Kier molecular flexibility index (Phi) is 14.0. The first-order valence-electron chi connectivity index (χ1n) is 4.91. The molecule has 1 N–H and O–H groups in total. The molecular weight excluding hydrogens is 216 g/mol. The van der Waals surface area contributed by atoms with E-state index >= 15 is 0 Å². The lowest BCUT2D eigenvalue weighted by molar-refractivity contribution is 0.123. The smallest absolute Gasteiger partial charge is 0.394 e. The SMILES string of the molecule is CCC[Si](OC)(OC)OC.COCCO. The fourth-order valence-electron chi connectivity index (χ4n) is 0.954. The van der Waals surface area contributed by atoms with E-state index < -0.39 is 8.80 Å². The summed E-state index contributed by atoms with van der Waals surface area (Å²) in [6.45, 7) is 2.65. The normalized spacial score (nSPS) is 10.8. The average molecular weight is 240 g/mol. The molecule has 5 nitrogen and oxygen atoms in total. The van der Waals surface area contributed by atoms with Crippen LogP contribution in [0.1, 0.15) is 13.3 Å². The lowest BCUT2D eigenvalue weighted by atomic mass is 10.6. The first-order valence-corrected chi connectivity index (χ1v) is 6.84. The van der Waals surface area contributed by atoms with Crippen molar-refractivity contribution in [2.45, 2.75) is 19.4 Å². The lowest BCUT2D eigenvalue weighted by Gasteiger charge is -2.23. The monoisotopic (exact) mass is 240 g/mol. The Labute approximate surface area is 93.7 Å². The summed E-state index contributed by atoms with van der Waals surface area (Å²) < 4.78 is 20.0. The zero-order valence-electron chi connectivity index (χ0n) is 10.4. The first-order chi connectivity index (χ1) is 7.16. The van der Waals surface area contributed by atoms with Gasteiger partial charge in [0.15, 0.2) is 0 Å². The standard InChI is InChI=1S/C6H16O3Si.C3H8O2/c1-5-6-10(7-2,8-3)9-4;1-5-3-2-4/h5-6H2,1-4H3;4H,2-3H2,1H3. The van der Waals surface area contributed by atoms with Crippen molar-refractivity contribution >= 4 is 8.80 Å². The molecule has 0 bridgehead atoms. The minimum absolute atomic E-state index is 0.122. The summed E-state index contributed by atoms with van der Waals surface area (Å²) in [5, 5.41) is 7.94. The highest BCUT2D eigenvalue weighted by molar-refractivity contribution is 6.60. The summed E-state index contributed by atoms with van der Waals surface area (Å²) in [6.07, 6.45) is 1.03. The van der Waals surface area contributed by atoms with Crippen molar-refractivity contribution in [3.8, 4) is 0 Å². The van der Waals surface area contributed by atoms with Crippen molar-refractivity contribution in [2.24, 2.45) is 0 Å². The largest absolute Gasteiger partial charge is 0.500 e. The lowest BCUT2D eigenvalue weighted by Crippen LogP contribution is -2.42. The van der Waals surface area contributed by atoms with Gasteiger partial charge in [-0.15, -0.1) is 0 Å². The molecule has 0 aliphatic carbocycles. The fourth-order valence-corrected chi connectivity index (χ4v) is 2.68. The van der Waals surface area contributed by atoms with Crippen LogP contribution in [0.4, 0.5) is 0 Å². The molecule has 0 spiro atoms. The maximum atomic E-state index is 7.94. The first kappa shape index (κ1) is 17.4. The van der Waals surface area contributed by atoms with Crippen molar-refractivity contribution in [2.75, 3.05) is 41.7 Å². The molecule has 0 saturated carbocycles. The van der Waals surface area contributed by atoms with Crippen LogP contribution in [-0.4, -0.2) is 55.6 Å². The molecule has 0 aliphatic rings. The maximum Gasteiger partial charge on any atom is 0.500 e. The summed E-state index contributed by atoms with van der Waals surface area (Å²) >= 11 is 0. The van der Waals surface area contributed by atoms with Crippen LogP contribution in [0.2, 0.25) is 6.04 Å². The van der Waals surface area contributed by atoms with Gasteiger partial charge in [-0.3, -0.25) is 0 Å². The van der Waals surface area contributed by atoms with Crippen molar-refractivity contribution in [3.05, 3.63) is 0 Å². The Balaban J connectivity index is 0. The Morgan fingerprint density at radius 2 is 1.47 bits per heavy atom. The highest BCUT2D eigenvalue weighted by atomic mass is 28.4. The fraction of sp³-hybridized carbons (Fsp3) is 1.00. The number of hydrogen-bond donors (Lipinski definition) is 1. The molecule has 0 amide bonds. The van der Waals surface area contributed by atoms with Gasteiger partial charge in [-0.2, -0.15) is 0 Å². The second-order valence-electron chi connectivity index (χ2n) is 2.76. The number of aliphatic hydroxyl groups is 1. The second-order valence-corrected chi connectivity index (χ2v) is 5.85. The van der Waals surface area contributed by atoms with Crippen LogP contribution in [0.15, 0.2) is 0 Å². The molecule has 0 fully saturated rings. The zero-order valence-corrected chi connectivity index (χ0v) is 11.4. The van der Waals surface area contributed by atoms with Crippen LogP contribution < -0.4 is 0 Å². The van der Waals surface area contributed by atoms with Crippen molar-refractivity contribution < 1.29 is 23.1 Å². The molecule has 0 radical (unpaired) electrons. The van der Waals surface area contributed by atoms with Gasteiger partial charge in [0.1, 0.15) is 0 Å². The predicted molar refractivity (Wildman–Crippen MR) is 60.8 cm³/mol.